The summed E-state index contributed by atoms with van der Waals surface area (Å²) in [6.07, 6.45) is 0. The molecule has 0 aromatic heterocycles. The van der Waals surface area contributed by atoms with Gasteiger partial charge in [-0.1, -0.05) is 0 Å². The van der Waals surface area contributed by atoms with E-state index in [1.807, 2.05) is 0 Å². The first-order valence-corrected chi connectivity index (χ1v) is 8.74. The van der Waals surface area contributed by atoms with Gasteiger partial charge < -0.3 is 4.74 Å². The molecule has 0 radical (unpaired) electrons. The van der Waals surface area contributed by atoms with Crippen molar-refractivity contribution in [3.8, 4) is 0 Å². The number of benzene rings is 2. The summed E-state index contributed by atoms with van der Waals surface area (Å²) in [5.41, 5.74) is 2.24. The van der Waals surface area contributed by atoms with E-state index in [9.17, 15) is 35.2 Å². The highest BCUT2D eigenvalue weighted by molar-refractivity contribution is 7.92. The molecule has 148 valence electrons. The van der Waals surface area contributed by atoms with Gasteiger partial charge in [0, 0.05) is 11.3 Å². The summed E-state index contributed by atoms with van der Waals surface area (Å²) in [4.78, 5) is 8.95. The number of halogens is 5. The predicted molar refractivity (Wildman–Crippen MR) is 84.1 cm³/mol. The average molecular weight is 421 g/mol. The van der Waals surface area contributed by atoms with Crippen molar-refractivity contribution in [3.05, 3.63) is 58.9 Å². The van der Waals surface area contributed by atoms with Crippen LogP contribution in [0.4, 0.5) is 27.6 Å². The zero-order chi connectivity index (χ0) is 20.6. The second-order valence-corrected chi connectivity index (χ2v) is 6.94. The fourth-order valence-corrected chi connectivity index (χ4v) is 3.37. The minimum atomic E-state index is -5.15. The quantitative estimate of drug-likeness (QED) is 0.448. The molecule has 28 heavy (non-hydrogen) atoms. The topological polar surface area (TPSA) is 96.9 Å². The van der Waals surface area contributed by atoms with Gasteiger partial charge >= 0.3 is 0 Å². The third kappa shape index (κ3) is 3.47. The molecular formula is C15H8F5N3O4S. The number of carbonyl (C=O) groups excluding carboxylic acids is 1. The molecule has 13 heteroatoms. The van der Waals surface area contributed by atoms with Gasteiger partial charge in [-0.05, 0) is 24.3 Å². The van der Waals surface area contributed by atoms with Gasteiger partial charge in [-0.3, -0.25) is 9.52 Å². The molecule has 3 rings (SSSR count). The molecule has 0 atom stereocenters. The van der Waals surface area contributed by atoms with Crippen LogP contribution in [0, 0.1) is 29.1 Å². The van der Waals surface area contributed by atoms with Crippen molar-refractivity contribution in [2.45, 2.75) is 4.90 Å². The lowest BCUT2D eigenvalue weighted by Gasteiger charge is -2.14. The Balaban J connectivity index is 1.91. The lowest BCUT2D eigenvalue weighted by molar-refractivity contribution is -0.124. The maximum absolute atomic E-state index is 13.7. The van der Waals surface area contributed by atoms with E-state index in [1.54, 1.807) is 4.72 Å². The number of nitrogens with zero attached hydrogens (tertiary/aromatic N) is 1. The van der Waals surface area contributed by atoms with Gasteiger partial charge in [-0.2, -0.15) is 0 Å². The van der Waals surface area contributed by atoms with Crippen molar-refractivity contribution in [3.63, 3.8) is 0 Å². The molecule has 2 aromatic carbocycles. The van der Waals surface area contributed by atoms with Crippen LogP contribution < -0.4 is 10.1 Å². The second-order valence-electron chi connectivity index (χ2n) is 5.32. The lowest BCUT2D eigenvalue weighted by Crippen LogP contribution is -2.32. The first-order chi connectivity index (χ1) is 13.1. The van der Waals surface area contributed by atoms with Gasteiger partial charge in [0.25, 0.3) is 15.9 Å². The van der Waals surface area contributed by atoms with Crippen LogP contribution in [0.25, 0.3) is 0 Å². The van der Waals surface area contributed by atoms with E-state index in [0.717, 1.165) is 12.1 Å². The molecule has 0 saturated heterocycles. The number of anilines is 1. The summed E-state index contributed by atoms with van der Waals surface area (Å²) in [5.74, 6) is -12.7. The largest absolute Gasteiger partial charge is 0.466 e. The molecule has 1 amide bonds. The van der Waals surface area contributed by atoms with E-state index in [0.29, 0.717) is 5.56 Å². The van der Waals surface area contributed by atoms with Crippen molar-refractivity contribution >= 4 is 27.5 Å². The molecule has 1 heterocycles. The van der Waals surface area contributed by atoms with Crippen molar-refractivity contribution < 1.29 is 39.9 Å². The average Bonchev–Trinajstić information content (AvgIpc) is 2.66. The predicted octanol–water partition coefficient (Wildman–Crippen LogP) is 1.99. The molecule has 2 N–H and O–H groups in total. The molecule has 1 aliphatic heterocycles. The molecule has 0 unspecified atom stereocenters. The van der Waals surface area contributed by atoms with Crippen molar-refractivity contribution in [2.24, 2.45) is 5.10 Å². The molecule has 0 spiro atoms. The molecule has 0 bridgehead atoms. The maximum atomic E-state index is 13.7. The summed E-state index contributed by atoms with van der Waals surface area (Å²) >= 11 is 0. The zero-order valence-electron chi connectivity index (χ0n) is 13.4. The Morgan fingerprint density at radius 2 is 1.46 bits per heavy atom. The Labute approximate surface area is 153 Å². The number of hydrogen-bond donors (Lipinski definition) is 2. The number of sulfonamides is 1. The third-order valence-electron chi connectivity index (χ3n) is 3.44. The summed E-state index contributed by atoms with van der Waals surface area (Å²) in [5, 5.41) is 3.62. The van der Waals surface area contributed by atoms with Crippen molar-refractivity contribution in [1.29, 1.82) is 0 Å². The van der Waals surface area contributed by atoms with Gasteiger partial charge in [-0.25, -0.2) is 35.8 Å². The number of ether oxygens (including phenoxy) is 1. The van der Waals surface area contributed by atoms with Crippen LogP contribution in [-0.4, -0.2) is 26.8 Å². The highest BCUT2D eigenvalue weighted by Crippen LogP contribution is 2.28. The molecule has 0 aliphatic carbocycles. The van der Waals surface area contributed by atoms with E-state index in [2.05, 4.69) is 10.5 Å². The minimum absolute atomic E-state index is 0.0220. The monoisotopic (exact) mass is 421 g/mol. The van der Waals surface area contributed by atoms with Gasteiger partial charge in [0.15, 0.2) is 34.8 Å². The lowest BCUT2D eigenvalue weighted by atomic mass is 10.2. The van der Waals surface area contributed by atoms with Crippen LogP contribution in [-0.2, 0) is 19.6 Å². The first-order valence-electron chi connectivity index (χ1n) is 7.26. The minimum Gasteiger partial charge on any atom is -0.466 e. The van der Waals surface area contributed by atoms with E-state index in [4.69, 9.17) is 4.74 Å². The smallest absolute Gasteiger partial charge is 0.278 e. The number of nitrogens with one attached hydrogen (secondary N) is 2. The summed E-state index contributed by atoms with van der Waals surface area (Å²) in [6.45, 7) is -0.284. The Morgan fingerprint density at radius 3 is 1.96 bits per heavy atom. The Bertz CT molecular complexity index is 1070. The number of amides is 1. The maximum Gasteiger partial charge on any atom is 0.278 e. The molecule has 2 aromatic rings. The zero-order valence-corrected chi connectivity index (χ0v) is 14.2. The summed E-state index contributed by atoms with van der Waals surface area (Å²) in [6, 6.07) is 4.82. The molecule has 1 aliphatic rings. The van der Waals surface area contributed by atoms with Crippen LogP contribution in [0.3, 0.4) is 0 Å². The van der Waals surface area contributed by atoms with Crippen LogP contribution >= 0.6 is 0 Å². The highest BCUT2D eigenvalue weighted by atomic mass is 32.2. The summed E-state index contributed by atoms with van der Waals surface area (Å²) in [7, 11) is -5.15. The fourth-order valence-electron chi connectivity index (χ4n) is 2.17. The van der Waals surface area contributed by atoms with E-state index in [1.165, 1.54) is 12.1 Å². The Kier molecular flexibility index (Phi) is 4.93. The number of carbonyl (C=O) groups is 1. The Morgan fingerprint density at radius 1 is 0.929 bits per heavy atom. The normalized spacial score (nSPS) is 14.2. The molecular weight excluding hydrogens is 413 g/mol. The number of hydrazone groups is 1. The highest BCUT2D eigenvalue weighted by Gasteiger charge is 2.33. The first kappa shape index (κ1) is 19.5. The van der Waals surface area contributed by atoms with Crippen LogP contribution in [0.15, 0.2) is 34.3 Å². The van der Waals surface area contributed by atoms with Gasteiger partial charge in [0.2, 0.25) is 11.7 Å². The van der Waals surface area contributed by atoms with Crippen LogP contribution in [0.1, 0.15) is 5.56 Å². The number of hydrogen-bond acceptors (Lipinski definition) is 5. The molecule has 0 fully saturated rings. The standard InChI is InChI=1S/C15H8F5N3O4S/c16-9-10(17)12(19)14(13(20)11(9)18)28(25,26)23-7-3-1-6(2-4-7)15-22-21-8(24)5-27-15/h1-4,23H,5H2,(H,21,24). The van der Waals surface area contributed by atoms with E-state index < -0.39 is 49.9 Å². The van der Waals surface area contributed by atoms with E-state index in [-0.39, 0.29) is 18.2 Å². The van der Waals surface area contributed by atoms with Gasteiger partial charge in [-0.15, -0.1) is 5.10 Å². The summed E-state index contributed by atoms with van der Waals surface area (Å²) < 4.78 is 98.1. The second kappa shape index (κ2) is 7.07. The Hall–Kier alpha value is -3.22. The molecule has 7 nitrogen and oxygen atoms in total. The van der Waals surface area contributed by atoms with Gasteiger partial charge in [0.05, 0.1) is 0 Å². The van der Waals surface area contributed by atoms with Crippen LogP contribution in [0.2, 0.25) is 0 Å². The third-order valence-corrected chi connectivity index (χ3v) is 4.84. The van der Waals surface area contributed by atoms with Gasteiger partial charge in [0.1, 0.15) is 0 Å². The van der Waals surface area contributed by atoms with Crippen molar-refractivity contribution in [1.82, 2.24) is 5.43 Å². The van der Waals surface area contributed by atoms with E-state index >= 15 is 0 Å². The SMILES string of the molecule is O=C1COC(c2ccc(NS(=O)(=O)c3c(F)c(F)c(F)c(F)c3F)cc2)=NN1. The van der Waals surface area contributed by atoms with Crippen LogP contribution in [0.5, 0.6) is 0 Å². The van der Waals surface area contributed by atoms with Crippen molar-refractivity contribution in [2.75, 3.05) is 11.3 Å². The molecule has 0 saturated carbocycles. The number of rotatable bonds is 4. The fraction of sp³-hybridized carbons (Fsp3) is 0.0667.